The average molecular weight is 292 g/mol. The molecule has 0 bridgehead atoms. The smallest absolute Gasteiger partial charge is 0.356 e. The average Bonchev–Trinajstić information content (AvgIpc) is 2.39. The Labute approximate surface area is 116 Å². The van der Waals surface area contributed by atoms with Crippen LogP contribution in [0.4, 0.5) is 5.69 Å². The zero-order valence-electron chi connectivity index (χ0n) is 10.6. The van der Waals surface area contributed by atoms with Crippen molar-refractivity contribution in [3.05, 3.63) is 53.9 Å². The zero-order chi connectivity index (χ0) is 14.8. The Bertz CT molecular complexity index is 739. The maximum absolute atomic E-state index is 12.2. The molecule has 1 heterocycles. The van der Waals surface area contributed by atoms with Crippen molar-refractivity contribution in [2.75, 3.05) is 4.72 Å². The first-order valence-electron chi connectivity index (χ1n) is 5.68. The first kappa shape index (κ1) is 14.0. The Morgan fingerprint density at radius 2 is 1.85 bits per heavy atom. The third-order valence-corrected chi connectivity index (χ3v) is 3.97. The predicted octanol–water partition coefficient (Wildman–Crippen LogP) is 1.89. The van der Waals surface area contributed by atoms with E-state index in [-0.39, 0.29) is 16.3 Å². The fourth-order valence-electron chi connectivity index (χ4n) is 1.58. The van der Waals surface area contributed by atoms with E-state index in [1.807, 2.05) is 6.92 Å². The second-order valence-corrected chi connectivity index (χ2v) is 5.81. The van der Waals surface area contributed by atoms with Gasteiger partial charge in [-0.1, -0.05) is 17.7 Å². The maximum Gasteiger partial charge on any atom is 0.356 e. The Morgan fingerprint density at radius 3 is 2.45 bits per heavy atom. The van der Waals surface area contributed by atoms with Crippen LogP contribution in [0, 0.1) is 6.92 Å². The summed E-state index contributed by atoms with van der Waals surface area (Å²) in [7, 11) is -3.84. The molecule has 7 heteroatoms. The van der Waals surface area contributed by atoms with Crippen LogP contribution in [0.5, 0.6) is 0 Å². The lowest BCUT2D eigenvalue weighted by molar-refractivity contribution is 0.0692. The summed E-state index contributed by atoms with van der Waals surface area (Å²) in [6.45, 7) is 1.84. The molecule has 0 aliphatic heterocycles. The number of hydrogen-bond acceptors (Lipinski definition) is 4. The highest BCUT2D eigenvalue weighted by molar-refractivity contribution is 7.92. The van der Waals surface area contributed by atoms with Crippen molar-refractivity contribution in [3.63, 3.8) is 0 Å². The van der Waals surface area contributed by atoms with E-state index in [2.05, 4.69) is 9.71 Å². The second kappa shape index (κ2) is 5.30. The molecular formula is C13H12N2O4S. The molecule has 0 amide bonds. The minimum absolute atomic E-state index is 0.0586. The van der Waals surface area contributed by atoms with Gasteiger partial charge in [0.05, 0.1) is 10.6 Å². The van der Waals surface area contributed by atoms with Crippen molar-refractivity contribution in [1.82, 2.24) is 4.98 Å². The molecule has 0 atom stereocenters. The maximum atomic E-state index is 12.2. The summed E-state index contributed by atoms with van der Waals surface area (Å²) in [5.41, 5.74) is 0.514. The number of pyridine rings is 1. The van der Waals surface area contributed by atoms with E-state index in [0.717, 1.165) is 5.56 Å². The SMILES string of the molecule is Cc1ccc(S(=O)(=O)Nc2cccnc2C(=O)O)cc1. The number of aromatic carboxylic acids is 1. The number of anilines is 1. The van der Waals surface area contributed by atoms with Gasteiger partial charge >= 0.3 is 5.97 Å². The third kappa shape index (κ3) is 2.94. The van der Waals surface area contributed by atoms with E-state index in [1.165, 1.54) is 30.5 Å². The van der Waals surface area contributed by atoms with Gasteiger partial charge in [0.15, 0.2) is 5.69 Å². The van der Waals surface area contributed by atoms with Gasteiger partial charge in [0, 0.05) is 6.20 Å². The number of carboxylic acid groups (broad SMARTS) is 1. The molecule has 0 aliphatic rings. The Morgan fingerprint density at radius 1 is 1.20 bits per heavy atom. The van der Waals surface area contributed by atoms with Gasteiger partial charge in [-0.05, 0) is 31.2 Å². The summed E-state index contributed by atoms with van der Waals surface area (Å²) in [5, 5.41) is 8.97. The molecular weight excluding hydrogens is 280 g/mol. The number of aryl methyl sites for hydroxylation is 1. The van der Waals surface area contributed by atoms with Gasteiger partial charge in [-0.3, -0.25) is 4.72 Å². The fourth-order valence-corrected chi connectivity index (χ4v) is 2.65. The van der Waals surface area contributed by atoms with Gasteiger partial charge in [-0.25, -0.2) is 18.2 Å². The van der Waals surface area contributed by atoms with E-state index in [4.69, 9.17) is 5.11 Å². The van der Waals surface area contributed by atoms with Crippen LogP contribution in [0.3, 0.4) is 0 Å². The molecule has 6 nitrogen and oxygen atoms in total. The van der Waals surface area contributed by atoms with E-state index < -0.39 is 16.0 Å². The van der Waals surface area contributed by atoms with E-state index in [0.29, 0.717) is 0 Å². The minimum Gasteiger partial charge on any atom is -0.476 e. The molecule has 0 saturated heterocycles. The summed E-state index contributed by atoms with van der Waals surface area (Å²) in [4.78, 5) is 14.7. The number of nitrogens with one attached hydrogen (secondary N) is 1. The van der Waals surface area contributed by atoms with Crippen LogP contribution in [0.25, 0.3) is 0 Å². The first-order valence-corrected chi connectivity index (χ1v) is 7.16. The van der Waals surface area contributed by atoms with Gasteiger partial charge in [0.2, 0.25) is 0 Å². The minimum atomic E-state index is -3.84. The molecule has 0 saturated carbocycles. The summed E-state index contributed by atoms with van der Waals surface area (Å²) >= 11 is 0. The Kier molecular flexibility index (Phi) is 3.71. The molecule has 20 heavy (non-hydrogen) atoms. The van der Waals surface area contributed by atoms with Crippen molar-refractivity contribution in [1.29, 1.82) is 0 Å². The third-order valence-electron chi connectivity index (χ3n) is 2.59. The van der Waals surface area contributed by atoms with Crippen molar-refractivity contribution in [2.24, 2.45) is 0 Å². The molecule has 0 fully saturated rings. The number of benzene rings is 1. The van der Waals surface area contributed by atoms with Crippen LogP contribution < -0.4 is 4.72 Å². The summed E-state index contributed by atoms with van der Waals surface area (Å²) in [6, 6.07) is 9.04. The van der Waals surface area contributed by atoms with Gasteiger partial charge in [-0.15, -0.1) is 0 Å². The van der Waals surface area contributed by atoms with Gasteiger partial charge < -0.3 is 5.11 Å². The van der Waals surface area contributed by atoms with Crippen molar-refractivity contribution in [2.45, 2.75) is 11.8 Å². The van der Waals surface area contributed by atoms with E-state index in [9.17, 15) is 13.2 Å². The van der Waals surface area contributed by atoms with Crippen LogP contribution in [0.1, 0.15) is 16.1 Å². The quantitative estimate of drug-likeness (QED) is 0.897. The number of carboxylic acids is 1. The topological polar surface area (TPSA) is 96.4 Å². The highest BCUT2D eigenvalue weighted by Crippen LogP contribution is 2.18. The molecule has 2 aromatic rings. The van der Waals surface area contributed by atoms with Gasteiger partial charge in [0.1, 0.15) is 0 Å². The van der Waals surface area contributed by atoms with Crippen LogP contribution in [0.15, 0.2) is 47.5 Å². The summed E-state index contributed by atoms with van der Waals surface area (Å²) in [5.74, 6) is -1.30. The Hall–Kier alpha value is -2.41. The van der Waals surface area contributed by atoms with Crippen LogP contribution in [0.2, 0.25) is 0 Å². The van der Waals surface area contributed by atoms with Crippen LogP contribution >= 0.6 is 0 Å². The number of carbonyl (C=O) groups is 1. The molecule has 0 radical (unpaired) electrons. The normalized spacial score (nSPS) is 11.1. The van der Waals surface area contributed by atoms with Crippen molar-refractivity contribution >= 4 is 21.7 Å². The monoisotopic (exact) mass is 292 g/mol. The zero-order valence-corrected chi connectivity index (χ0v) is 11.4. The molecule has 2 N–H and O–H groups in total. The predicted molar refractivity (Wildman–Crippen MR) is 73.2 cm³/mol. The van der Waals surface area contributed by atoms with Gasteiger partial charge in [0.25, 0.3) is 10.0 Å². The number of rotatable bonds is 4. The molecule has 0 unspecified atom stereocenters. The highest BCUT2D eigenvalue weighted by Gasteiger charge is 2.18. The number of sulfonamides is 1. The molecule has 1 aromatic heterocycles. The standard InChI is InChI=1S/C13H12N2O4S/c1-9-4-6-10(7-5-9)20(18,19)15-11-3-2-8-14-12(11)13(16)17/h2-8,15H,1H3,(H,16,17). The van der Waals surface area contributed by atoms with Crippen molar-refractivity contribution < 1.29 is 18.3 Å². The number of nitrogens with zero attached hydrogens (tertiary/aromatic N) is 1. The van der Waals surface area contributed by atoms with Crippen LogP contribution in [-0.2, 0) is 10.0 Å². The molecule has 0 aliphatic carbocycles. The number of hydrogen-bond donors (Lipinski definition) is 2. The second-order valence-electron chi connectivity index (χ2n) is 4.12. The molecule has 0 spiro atoms. The largest absolute Gasteiger partial charge is 0.476 e. The molecule has 104 valence electrons. The van der Waals surface area contributed by atoms with E-state index in [1.54, 1.807) is 12.1 Å². The molecule has 1 aromatic carbocycles. The molecule has 2 rings (SSSR count). The lowest BCUT2D eigenvalue weighted by Crippen LogP contribution is -2.16. The Balaban J connectivity index is 2.38. The van der Waals surface area contributed by atoms with Crippen molar-refractivity contribution in [3.8, 4) is 0 Å². The summed E-state index contributed by atoms with van der Waals surface area (Å²) in [6.07, 6.45) is 1.28. The lowest BCUT2D eigenvalue weighted by Gasteiger charge is -2.09. The fraction of sp³-hybridized carbons (Fsp3) is 0.0769. The van der Waals surface area contributed by atoms with Crippen LogP contribution in [-0.4, -0.2) is 24.5 Å². The first-order chi connectivity index (χ1) is 9.40. The van der Waals surface area contributed by atoms with Gasteiger partial charge in [-0.2, -0.15) is 0 Å². The number of aromatic nitrogens is 1. The van der Waals surface area contributed by atoms with E-state index >= 15 is 0 Å². The lowest BCUT2D eigenvalue weighted by atomic mass is 10.2. The summed E-state index contributed by atoms with van der Waals surface area (Å²) < 4.78 is 26.5. The highest BCUT2D eigenvalue weighted by atomic mass is 32.2.